The van der Waals surface area contributed by atoms with E-state index in [2.05, 4.69) is 5.32 Å². The fourth-order valence-corrected chi connectivity index (χ4v) is 6.84. The van der Waals surface area contributed by atoms with Crippen LogP contribution < -0.4 is 10.1 Å². The zero-order valence-electron chi connectivity index (χ0n) is 15.7. The van der Waals surface area contributed by atoms with Crippen molar-refractivity contribution >= 4 is 40.5 Å². The van der Waals surface area contributed by atoms with Crippen molar-refractivity contribution in [3.8, 4) is 5.75 Å². The molecule has 0 aliphatic carbocycles. The standard InChI is InChI=1S/C17H26NO5PS2/c1-6-21-17(19)16(26-24(25,22-7-2)23-8-3)13(4)18-14-9-11-15(20-5)12-10-14/h9-12,18H,6-8H2,1-5H3. The first-order valence-electron chi connectivity index (χ1n) is 8.26. The van der Waals surface area contributed by atoms with E-state index in [1.807, 2.05) is 38.1 Å². The highest BCUT2D eigenvalue weighted by molar-refractivity contribution is 8.69. The van der Waals surface area contributed by atoms with Crippen LogP contribution in [0.15, 0.2) is 34.9 Å². The molecule has 0 spiro atoms. The molecule has 0 amide bonds. The molecule has 0 saturated heterocycles. The Hall–Kier alpha value is -1.05. The summed E-state index contributed by atoms with van der Waals surface area (Å²) in [7, 11) is 1.61. The molecule has 0 bridgehead atoms. The molecule has 1 N–H and O–H groups in total. The van der Waals surface area contributed by atoms with Crippen molar-refractivity contribution in [1.82, 2.24) is 0 Å². The highest BCUT2D eigenvalue weighted by Gasteiger charge is 2.27. The minimum absolute atomic E-state index is 0.269. The molecule has 26 heavy (non-hydrogen) atoms. The number of hydrogen-bond acceptors (Lipinski definition) is 8. The fourth-order valence-electron chi connectivity index (χ4n) is 1.92. The van der Waals surface area contributed by atoms with Crippen molar-refractivity contribution in [2.75, 3.05) is 32.2 Å². The predicted octanol–water partition coefficient (Wildman–Crippen LogP) is 4.93. The van der Waals surface area contributed by atoms with Crippen molar-refractivity contribution < 1.29 is 23.3 Å². The minimum atomic E-state index is -2.69. The van der Waals surface area contributed by atoms with E-state index in [0.29, 0.717) is 23.8 Å². The number of carbonyl (C=O) groups is 1. The molecule has 0 fully saturated rings. The summed E-state index contributed by atoms with van der Waals surface area (Å²) in [6.07, 6.45) is 0. The third-order valence-electron chi connectivity index (χ3n) is 3.00. The van der Waals surface area contributed by atoms with E-state index in [1.165, 1.54) is 0 Å². The van der Waals surface area contributed by atoms with Crippen LogP contribution in [-0.2, 0) is 30.4 Å². The SMILES string of the molecule is CCOC(=O)C(SP(=S)(OCC)OCC)=C(C)Nc1ccc(OC)cc1. The number of methoxy groups -OCH3 is 1. The fraction of sp³-hybridized carbons (Fsp3) is 0.471. The average molecular weight is 420 g/mol. The van der Waals surface area contributed by atoms with Crippen molar-refractivity contribution in [3.05, 3.63) is 34.9 Å². The Morgan fingerprint density at radius 1 is 1.12 bits per heavy atom. The van der Waals surface area contributed by atoms with Crippen LogP contribution in [0.2, 0.25) is 0 Å². The van der Waals surface area contributed by atoms with Crippen LogP contribution >= 0.6 is 17.1 Å². The van der Waals surface area contributed by atoms with Crippen LogP contribution in [0.1, 0.15) is 27.7 Å². The molecule has 1 aromatic carbocycles. The summed E-state index contributed by atoms with van der Waals surface area (Å²) in [6.45, 7) is 8.32. The number of nitrogens with one attached hydrogen (secondary N) is 1. The van der Waals surface area contributed by atoms with Crippen LogP contribution in [-0.4, -0.2) is 32.9 Å². The molecular weight excluding hydrogens is 393 g/mol. The van der Waals surface area contributed by atoms with E-state index >= 15 is 0 Å². The Morgan fingerprint density at radius 2 is 1.69 bits per heavy atom. The van der Waals surface area contributed by atoms with E-state index < -0.39 is 11.7 Å². The van der Waals surface area contributed by atoms with E-state index in [1.54, 1.807) is 21.0 Å². The minimum Gasteiger partial charge on any atom is -0.497 e. The molecule has 146 valence electrons. The Balaban J connectivity index is 3.13. The van der Waals surface area contributed by atoms with E-state index in [0.717, 1.165) is 22.8 Å². The lowest BCUT2D eigenvalue weighted by Gasteiger charge is -2.22. The number of rotatable bonds is 11. The summed E-state index contributed by atoms with van der Waals surface area (Å²) in [5, 5.41) is 3.20. The molecule has 9 heteroatoms. The zero-order valence-corrected chi connectivity index (χ0v) is 18.3. The number of anilines is 1. The first-order valence-corrected chi connectivity index (χ1v) is 12.3. The monoisotopic (exact) mass is 419 g/mol. The zero-order chi connectivity index (χ0) is 19.6. The Kier molecular flexibility index (Phi) is 10.3. The molecule has 0 radical (unpaired) electrons. The van der Waals surface area contributed by atoms with Gasteiger partial charge in [0.05, 0.1) is 26.9 Å². The highest BCUT2D eigenvalue weighted by Crippen LogP contribution is 2.64. The summed E-state index contributed by atoms with van der Waals surface area (Å²) < 4.78 is 21.6. The van der Waals surface area contributed by atoms with Crippen LogP contribution in [0, 0.1) is 0 Å². The Labute approximate surface area is 164 Å². The molecule has 0 aliphatic rings. The van der Waals surface area contributed by atoms with Gasteiger partial charge < -0.3 is 23.8 Å². The molecule has 0 heterocycles. The maximum Gasteiger partial charge on any atom is 0.346 e. The molecule has 6 nitrogen and oxygen atoms in total. The first kappa shape index (κ1) is 23.0. The maximum absolute atomic E-state index is 12.5. The van der Waals surface area contributed by atoms with Gasteiger partial charge in [-0.05, 0) is 75.1 Å². The molecule has 0 saturated carbocycles. The van der Waals surface area contributed by atoms with Crippen LogP contribution in [0.4, 0.5) is 5.69 Å². The molecular formula is C17H26NO5PS2. The molecule has 0 aromatic heterocycles. The second-order valence-corrected chi connectivity index (χ2v) is 11.0. The molecule has 0 aliphatic heterocycles. The summed E-state index contributed by atoms with van der Waals surface area (Å²) in [6, 6.07) is 7.38. The van der Waals surface area contributed by atoms with Crippen molar-refractivity contribution in [2.45, 2.75) is 27.7 Å². The highest BCUT2D eigenvalue weighted by atomic mass is 32.9. The molecule has 0 atom stereocenters. The van der Waals surface area contributed by atoms with Gasteiger partial charge in [-0.25, -0.2) is 4.79 Å². The Bertz CT molecular complexity index is 654. The lowest BCUT2D eigenvalue weighted by atomic mass is 10.3. The predicted molar refractivity (Wildman–Crippen MR) is 111 cm³/mol. The maximum atomic E-state index is 12.5. The van der Waals surface area contributed by atoms with Gasteiger partial charge in [0.15, 0.2) is 0 Å². The molecule has 1 rings (SSSR count). The number of benzene rings is 1. The Morgan fingerprint density at radius 3 is 2.15 bits per heavy atom. The van der Waals surface area contributed by atoms with Gasteiger partial charge in [0.2, 0.25) is 0 Å². The largest absolute Gasteiger partial charge is 0.497 e. The third-order valence-corrected chi connectivity index (χ3v) is 8.18. The molecule has 0 unspecified atom stereocenters. The number of hydrogen-bond donors (Lipinski definition) is 1. The van der Waals surface area contributed by atoms with Gasteiger partial charge in [0.1, 0.15) is 10.7 Å². The van der Waals surface area contributed by atoms with E-state index in [4.69, 9.17) is 30.3 Å². The average Bonchev–Trinajstić information content (AvgIpc) is 2.61. The van der Waals surface area contributed by atoms with Gasteiger partial charge in [0.25, 0.3) is 5.69 Å². The number of allylic oxidation sites excluding steroid dienone is 1. The van der Waals surface area contributed by atoms with Crippen molar-refractivity contribution in [3.63, 3.8) is 0 Å². The second-order valence-electron chi connectivity index (χ2n) is 4.90. The smallest absolute Gasteiger partial charge is 0.346 e. The first-order chi connectivity index (χ1) is 12.4. The number of ether oxygens (including phenoxy) is 2. The third kappa shape index (κ3) is 7.29. The van der Waals surface area contributed by atoms with E-state index in [9.17, 15) is 4.79 Å². The lowest BCUT2D eigenvalue weighted by Crippen LogP contribution is -2.11. The lowest BCUT2D eigenvalue weighted by molar-refractivity contribution is -0.137. The van der Waals surface area contributed by atoms with Gasteiger partial charge >= 0.3 is 5.97 Å². The topological polar surface area (TPSA) is 66.0 Å². The summed E-state index contributed by atoms with van der Waals surface area (Å²) in [5.74, 6) is 0.296. The summed E-state index contributed by atoms with van der Waals surface area (Å²) in [5.41, 5.74) is -1.26. The van der Waals surface area contributed by atoms with E-state index in [-0.39, 0.29) is 6.61 Å². The summed E-state index contributed by atoms with van der Waals surface area (Å²) >= 11 is 6.66. The number of carbonyl (C=O) groups excluding carboxylic acids is 1. The quantitative estimate of drug-likeness (QED) is 0.308. The number of esters is 1. The summed E-state index contributed by atoms with van der Waals surface area (Å²) in [4.78, 5) is 12.8. The van der Waals surface area contributed by atoms with Crippen molar-refractivity contribution in [2.24, 2.45) is 0 Å². The van der Waals surface area contributed by atoms with Gasteiger partial charge in [0, 0.05) is 11.4 Å². The second kappa shape index (κ2) is 11.6. The van der Waals surface area contributed by atoms with Gasteiger partial charge in [-0.3, -0.25) is 0 Å². The van der Waals surface area contributed by atoms with Crippen LogP contribution in [0.5, 0.6) is 5.75 Å². The van der Waals surface area contributed by atoms with Crippen LogP contribution in [0.25, 0.3) is 0 Å². The van der Waals surface area contributed by atoms with Gasteiger partial charge in [-0.2, -0.15) is 0 Å². The van der Waals surface area contributed by atoms with Gasteiger partial charge in [-0.1, -0.05) is 0 Å². The van der Waals surface area contributed by atoms with Gasteiger partial charge in [-0.15, -0.1) is 0 Å². The normalized spacial score (nSPS) is 12.3. The molecule has 1 aromatic rings. The van der Waals surface area contributed by atoms with Crippen molar-refractivity contribution in [1.29, 1.82) is 0 Å². The van der Waals surface area contributed by atoms with Crippen LogP contribution in [0.3, 0.4) is 0 Å².